The van der Waals surface area contributed by atoms with Gasteiger partial charge in [-0.2, -0.15) is 0 Å². The molecule has 2 heteroatoms. The Morgan fingerprint density at radius 3 is 2.60 bits per heavy atom. The van der Waals surface area contributed by atoms with Crippen molar-refractivity contribution in [1.82, 2.24) is 0 Å². The lowest BCUT2D eigenvalue weighted by Crippen LogP contribution is -2.49. The lowest BCUT2D eigenvalue weighted by molar-refractivity contribution is -0.148. The van der Waals surface area contributed by atoms with Gasteiger partial charge in [0.15, 0.2) is 0 Å². The summed E-state index contributed by atoms with van der Waals surface area (Å²) in [6.45, 7) is 8.86. The summed E-state index contributed by atoms with van der Waals surface area (Å²) in [4.78, 5) is 11.4. The molecule has 138 valence electrons. The van der Waals surface area contributed by atoms with Gasteiger partial charge in [0.1, 0.15) is 6.10 Å². The molecule has 0 heterocycles. The molecular formula is C23H34O2. The van der Waals surface area contributed by atoms with Gasteiger partial charge in [-0.05, 0) is 80.5 Å². The van der Waals surface area contributed by atoms with E-state index in [0.29, 0.717) is 10.8 Å². The molecule has 6 unspecified atom stereocenters. The number of ether oxygens (including phenoxy) is 1. The summed E-state index contributed by atoms with van der Waals surface area (Å²) in [6.07, 6.45) is 15.0. The van der Waals surface area contributed by atoms with Crippen LogP contribution in [0.4, 0.5) is 0 Å². The van der Waals surface area contributed by atoms with E-state index in [1.807, 2.05) is 0 Å². The maximum atomic E-state index is 11.4. The second-order valence-electron chi connectivity index (χ2n) is 9.54. The Hall–Kier alpha value is -1.05. The van der Waals surface area contributed by atoms with Crippen molar-refractivity contribution in [2.24, 2.45) is 28.6 Å². The number of allylic oxidation sites excluding steroid dienone is 3. The highest BCUT2D eigenvalue weighted by Gasteiger charge is 2.57. The summed E-state index contributed by atoms with van der Waals surface area (Å²) < 4.78 is 5.55. The van der Waals surface area contributed by atoms with Crippen LogP contribution in [-0.2, 0) is 9.53 Å². The van der Waals surface area contributed by atoms with Crippen LogP contribution < -0.4 is 0 Å². The molecule has 4 rings (SSSR count). The third-order valence-corrected chi connectivity index (χ3v) is 8.59. The van der Waals surface area contributed by atoms with Crippen LogP contribution in [0, 0.1) is 28.6 Å². The second-order valence-corrected chi connectivity index (χ2v) is 9.54. The molecule has 0 bridgehead atoms. The average molecular weight is 343 g/mol. The summed E-state index contributed by atoms with van der Waals surface area (Å²) in [6, 6.07) is 0. The highest BCUT2D eigenvalue weighted by Crippen LogP contribution is 2.66. The SMILES string of the molecule is CC=C1CCC2C3CC=C4CC(OC(C)=O)CCC4(C)C3CCC12C. The van der Waals surface area contributed by atoms with E-state index in [1.54, 1.807) is 18.1 Å². The average Bonchev–Trinajstić information content (AvgIpc) is 2.91. The number of carbonyl (C=O) groups is 1. The lowest BCUT2D eigenvalue weighted by Gasteiger charge is -2.57. The van der Waals surface area contributed by atoms with Gasteiger partial charge in [-0.1, -0.05) is 37.1 Å². The van der Waals surface area contributed by atoms with Crippen LogP contribution in [0.25, 0.3) is 0 Å². The normalized spacial score (nSPS) is 47.5. The van der Waals surface area contributed by atoms with Crippen molar-refractivity contribution in [3.8, 4) is 0 Å². The fraction of sp³-hybridized carbons (Fsp3) is 0.783. The summed E-state index contributed by atoms with van der Waals surface area (Å²) in [7, 11) is 0. The fourth-order valence-electron chi connectivity index (χ4n) is 7.28. The van der Waals surface area contributed by atoms with Crippen LogP contribution in [0.15, 0.2) is 23.3 Å². The third-order valence-electron chi connectivity index (χ3n) is 8.59. The minimum Gasteiger partial charge on any atom is -0.462 e. The van der Waals surface area contributed by atoms with Gasteiger partial charge in [-0.3, -0.25) is 4.79 Å². The molecule has 0 amide bonds. The second kappa shape index (κ2) is 5.99. The van der Waals surface area contributed by atoms with Gasteiger partial charge in [0, 0.05) is 13.3 Å². The molecule has 0 radical (unpaired) electrons. The van der Waals surface area contributed by atoms with E-state index in [1.165, 1.54) is 38.5 Å². The maximum Gasteiger partial charge on any atom is 0.302 e. The van der Waals surface area contributed by atoms with Crippen molar-refractivity contribution in [2.75, 3.05) is 0 Å². The van der Waals surface area contributed by atoms with Gasteiger partial charge in [0.25, 0.3) is 0 Å². The van der Waals surface area contributed by atoms with Gasteiger partial charge in [-0.15, -0.1) is 0 Å². The molecule has 0 aromatic rings. The van der Waals surface area contributed by atoms with Crippen LogP contribution in [0.1, 0.15) is 79.1 Å². The van der Waals surface area contributed by atoms with Crippen LogP contribution in [0.2, 0.25) is 0 Å². The molecule has 0 spiro atoms. The molecule has 3 fully saturated rings. The van der Waals surface area contributed by atoms with E-state index in [0.717, 1.165) is 30.6 Å². The van der Waals surface area contributed by atoms with E-state index in [-0.39, 0.29) is 12.1 Å². The first-order valence-electron chi connectivity index (χ1n) is 10.4. The van der Waals surface area contributed by atoms with Gasteiger partial charge < -0.3 is 4.74 Å². The first kappa shape index (κ1) is 17.4. The van der Waals surface area contributed by atoms with Crippen LogP contribution in [0.3, 0.4) is 0 Å². The molecule has 0 aromatic heterocycles. The fourth-order valence-corrected chi connectivity index (χ4v) is 7.28. The molecule has 2 nitrogen and oxygen atoms in total. The standard InChI is InChI=1S/C23H34O2/c1-5-16-7-9-20-19-8-6-17-14-18(25-15(2)24)10-12-23(17,4)21(19)11-13-22(16,20)3/h5-6,18-21H,7-14H2,1-4H3. The highest BCUT2D eigenvalue weighted by molar-refractivity contribution is 5.66. The van der Waals surface area contributed by atoms with E-state index >= 15 is 0 Å². The van der Waals surface area contributed by atoms with Crippen LogP contribution >= 0.6 is 0 Å². The number of hydrogen-bond acceptors (Lipinski definition) is 2. The number of rotatable bonds is 1. The zero-order chi connectivity index (χ0) is 17.8. The van der Waals surface area contributed by atoms with Crippen molar-refractivity contribution in [3.05, 3.63) is 23.3 Å². The molecule has 4 aliphatic carbocycles. The quantitative estimate of drug-likeness (QED) is 0.443. The highest BCUT2D eigenvalue weighted by atomic mass is 16.5. The first-order chi connectivity index (χ1) is 11.9. The maximum absolute atomic E-state index is 11.4. The predicted octanol–water partition coefficient (Wildman–Crippen LogP) is 5.83. The van der Waals surface area contributed by atoms with Gasteiger partial charge in [-0.25, -0.2) is 0 Å². The number of fused-ring (bicyclic) bond motifs is 5. The van der Waals surface area contributed by atoms with E-state index in [2.05, 4.69) is 32.9 Å². The molecule has 0 aromatic carbocycles. The Morgan fingerprint density at radius 2 is 1.88 bits per heavy atom. The zero-order valence-corrected chi connectivity index (χ0v) is 16.4. The van der Waals surface area contributed by atoms with Crippen molar-refractivity contribution in [1.29, 1.82) is 0 Å². The van der Waals surface area contributed by atoms with Crippen molar-refractivity contribution < 1.29 is 9.53 Å². The number of esters is 1. The van der Waals surface area contributed by atoms with Gasteiger partial charge in [0.2, 0.25) is 0 Å². The van der Waals surface area contributed by atoms with Crippen LogP contribution in [0.5, 0.6) is 0 Å². The van der Waals surface area contributed by atoms with Crippen LogP contribution in [-0.4, -0.2) is 12.1 Å². The van der Waals surface area contributed by atoms with E-state index < -0.39 is 0 Å². The van der Waals surface area contributed by atoms with Crippen molar-refractivity contribution in [3.63, 3.8) is 0 Å². The van der Waals surface area contributed by atoms with Crippen molar-refractivity contribution in [2.45, 2.75) is 85.2 Å². The van der Waals surface area contributed by atoms with E-state index in [9.17, 15) is 4.79 Å². The molecule has 0 saturated heterocycles. The molecule has 0 aliphatic heterocycles. The molecule has 4 aliphatic rings. The summed E-state index contributed by atoms with van der Waals surface area (Å²) in [5.41, 5.74) is 4.14. The number of carbonyl (C=O) groups excluding carboxylic acids is 1. The Kier molecular flexibility index (Phi) is 4.16. The molecule has 0 N–H and O–H groups in total. The summed E-state index contributed by atoms with van der Waals surface area (Å²) in [5, 5.41) is 0. The largest absolute Gasteiger partial charge is 0.462 e. The molecule has 3 saturated carbocycles. The Labute approximate surface area is 153 Å². The number of hydrogen-bond donors (Lipinski definition) is 0. The van der Waals surface area contributed by atoms with E-state index in [4.69, 9.17) is 4.74 Å². The minimum absolute atomic E-state index is 0.114. The summed E-state index contributed by atoms with van der Waals surface area (Å²) in [5.74, 6) is 2.44. The zero-order valence-electron chi connectivity index (χ0n) is 16.4. The Balaban J connectivity index is 1.60. The first-order valence-corrected chi connectivity index (χ1v) is 10.4. The van der Waals surface area contributed by atoms with Gasteiger partial charge in [0.05, 0.1) is 0 Å². The lowest BCUT2D eigenvalue weighted by atomic mass is 9.48. The van der Waals surface area contributed by atoms with Crippen molar-refractivity contribution >= 4 is 5.97 Å². The molecule has 6 atom stereocenters. The predicted molar refractivity (Wildman–Crippen MR) is 101 cm³/mol. The third kappa shape index (κ3) is 2.54. The minimum atomic E-state index is -0.124. The summed E-state index contributed by atoms with van der Waals surface area (Å²) >= 11 is 0. The monoisotopic (exact) mass is 342 g/mol. The molecular weight excluding hydrogens is 308 g/mol. The smallest absolute Gasteiger partial charge is 0.302 e. The topological polar surface area (TPSA) is 26.3 Å². The van der Waals surface area contributed by atoms with Gasteiger partial charge >= 0.3 is 5.97 Å². The Morgan fingerprint density at radius 1 is 1.16 bits per heavy atom. The molecule has 25 heavy (non-hydrogen) atoms. The Bertz CT molecular complexity index is 630.